The van der Waals surface area contributed by atoms with Crippen molar-refractivity contribution in [2.24, 2.45) is 0 Å². The Morgan fingerprint density at radius 3 is 2.62 bits per heavy atom. The van der Waals surface area contributed by atoms with Crippen LogP contribution in [-0.2, 0) is 12.7 Å². The molecule has 0 aromatic carbocycles. The fourth-order valence-electron chi connectivity index (χ4n) is 3.33. The van der Waals surface area contributed by atoms with E-state index >= 15 is 0 Å². The number of aromatic nitrogens is 5. The van der Waals surface area contributed by atoms with Crippen molar-refractivity contribution >= 4 is 34.5 Å². The van der Waals surface area contributed by atoms with Crippen LogP contribution < -0.4 is 5.32 Å². The number of hydrogen-bond acceptors (Lipinski definition) is 5. The molecular weight excluding hydrogens is 465 g/mol. The summed E-state index contributed by atoms with van der Waals surface area (Å²) in [5, 5.41) is 11.0. The van der Waals surface area contributed by atoms with Crippen LogP contribution in [0.1, 0.15) is 47.3 Å². The van der Waals surface area contributed by atoms with Gasteiger partial charge in [-0.15, -0.1) is 11.3 Å². The molecule has 168 valence electrons. The quantitative estimate of drug-likeness (QED) is 0.427. The normalized spacial score (nSPS) is 13.0. The Bertz CT molecular complexity index is 1310. The molecule has 32 heavy (non-hydrogen) atoms. The summed E-state index contributed by atoms with van der Waals surface area (Å²) in [7, 11) is 0. The number of amides is 1. The second-order valence-corrected chi connectivity index (χ2v) is 8.86. The Morgan fingerprint density at radius 1 is 1.28 bits per heavy atom. The zero-order valence-electron chi connectivity index (χ0n) is 17.2. The van der Waals surface area contributed by atoms with E-state index in [1.807, 2.05) is 20.0 Å². The number of thiophene rings is 1. The molecule has 0 saturated heterocycles. The molecule has 0 saturated carbocycles. The SMILES string of the molecule is CCn1cc([C@H](C)NC(=O)c2cc3nc(-c4ccc(Cl)s4)cc(C(F)(F)F)n3n2)c(C)n1. The molecule has 0 aliphatic rings. The van der Waals surface area contributed by atoms with E-state index in [-0.39, 0.29) is 17.0 Å². The van der Waals surface area contributed by atoms with Crippen LogP contribution in [-0.4, -0.2) is 30.3 Å². The van der Waals surface area contributed by atoms with Crippen molar-refractivity contribution in [3.05, 3.63) is 57.4 Å². The van der Waals surface area contributed by atoms with Crippen molar-refractivity contribution in [2.75, 3.05) is 0 Å². The minimum atomic E-state index is -4.70. The average Bonchev–Trinajstić information content (AvgIpc) is 3.43. The molecule has 7 nitrogen and oxygen atoms in total. The molecule has 0 aliphatic carbocycles. The van der Waals surface area contributed by atoms with Gasteiger partial charge in [-0.3, -0.25) is 9.48 Å². The first-order valence-electron chi connectivity index (χ1n) is 9.65. The van der Waals surface area contributed by atoms with Crippen LogP contribution in [0.2, 0.25) is 4.34 Å². The summed E-state index contributed by atoms with van der Waals surface area (Å²) >= 11 is 7.03. The average molecular weight is 483 g/mol. The highest BCUT2D eigenvalue weighted by Gasteiger charge is 2.36. The number of nitrogens with zero attached hydrogens (tertiary/aromatic N) is 5. The molecule has 0 spiro atoms. The minimum Gasteiger partial charge on any atom is -0.344 e. The van der Waals surface area contributed by atoms with Gasteiger partial charge >= 0.3 is 6.18 Å². The molecule has 1 atom stereocenters. The number of fused-ring (bicyclic) bond motifs is 1. The van der Waals surface area contributed by atoms with Crippen LogP contribution in [0.4, 0.5) is 13.2 Å². The Morgan fingerprint density at radius 2 is 2.03 bits per heavy atom. The first-order valence-corrected chi connectivity index (χ1v) is 10.8. The Labute approximate surface area is 189 Å². The second-order valence-electron chi connectivity index (χ2n) is 7.15. The van der Waals surface area contributed by atoms with Crippen LogP contribution in [0.3, 0.4) is 0 Å². The molecule has 0 bridgehead atoms. The zero-order valence-corrected chi connectivity index (χ0v) is 18.8. The van der Waals surface area contributed by atoms with Crippen molar-refractivity contribution in [3.8, 4) is 10.6 Å². The van der Waals surface area contributed by atoms with E-state index in [2.05, 4.69) is 20.5 Å². The lowest BCUT2D eigenvalue weighted by Crippen LogP contribution is -2.27. The number of aryl methyl sites for hydroxylation is 2. The lowest BCUT2D eigenvalue weighted by Gasteiger charge is -2.12. The highest BCUT2D eigenvalue weighted by Crippen LogP contribution is 2.35. The molecule has 0 aliphatic heterocycles. The zero-order chi connectivity index (χ0) is 23.2. The van der Waals surface area contributed by atoms with Crippen LogP contribution in [0.5, 0.6) is 0 Å². The predicted octanol–water partition coefficient (Wildman–Crippen LogP) is 5.15. The largest absolute Gasteiger partial charge is 0.433 e. The molecular formula is C20H18ClF3N6OS. The third-order valence-corrected chi connectivity index (χ3v) is 6.15. The molecule has 1 amide bonds. The van der Waals surface area contributed by atoms with Gasteiger partial charge in [-0.25, -0.2) is 9.50 Å². The van der Waals surface area contributed by atoms with Crippen LogP contribution in [0.25, 0.3) is 16.2 Å². The summed E-state index contributed by atoms with van der Waals surface area (Å²) in [5.41, 5.74) is 0.382. The minimum absolute atomic E-state index is 0.0906. The van der Waals surface area contributed by atoms with Gasteiger partial charge < -0.3 is 5.32 Å². The van der Waals surface area contributed by atoms with Gasteiger partial charge in [0.25, 0.3) is 5.91 Å². The topological polar surface area (TPSA) is 77.1 Å². The number of nitrogens with one attached hydrogen (secondary N) is 1. The van der Waals surface area contributed by atoms with Crippen molar-refractivity contribution in [1.29, 1.82) is 0 Å². The van der Waals surface area contributed by atoms with Gasteiger partial charge in [0.2, 0.25) is 0 Å². The molecule has 1 N–H and O–H groups in total. The van der Waals surface area contributed by atoms with Gasteiger partial charge in [-0.1, -0.05) is 11.6 Å². The van der Waals surface area contributed by atoms with Crippen molar-refractivity contribution in [3.63, 3.8) is 0 Å². The summed E-state index contributed by atoms with van der Waals surface area (Å²) in [6.45, 7) is 6.22. The molecule has 0 unspecified atom stereocenters. The maximum atomic E-state index is 13.7. The molecule has 0 radical (unpaired) electrons. The Balaban J connectivity index is 1.70. The van der Waals surface area contributed by atoms with Gasteiger partial charge in [0, 0.05) is 24.4 Å². The van der Waals surface area contributed by atoms with Crippen LogP contribution in [0, 0.1) is 6.92 Å². The van der Waals surface area contributed by atoms with Gasteiger partial charge in [0.15, 0.2) is 17.0 Å². The van der Waals surface area contributed by atoms with Crippen LogP contribution in [0.15, 0.2) is 30.5 Å². The van der Waals surface area contributed by atoms with Gasteiger partial charge in [0.1, 0.15) is 0 Å². The number of carbonyl (C=O) groups is 1. The highest BCUT2D eigenvalue weighted by atomic mass is 35.5. The summed E-state index contributed by atoms with van der Waals surface area (Å²) < 4.78 is 44.0. The predicted molar refractivity (Wildman–Crippen MR) is 115 cm³/mol. The Hall–Kier alpha value is -2.92. The van der Waals surface area contributed by atoms with E-state index in [1.54, 1.807) is 23.7 Å². The lowest BCUT2D eigenvalue weighted by molar-refractivity contribution is -0.142. The smallest absolute Gasteiger partial charge is 0.344 e. The summed E-state index contributed by atoms with van der Waals surface area (Å²) in [6, 6.07) is 4.90. The van der Waals surface area contributed by atoms with Gasteiger partial charge in [0.05, 0.1) is 26.6 Å². The molecule has 12 heteroatoms. The molecule has 4 rings (SSSR count). The van der Waals surface area contributed by atoms with Crippen molar-refractivity contribution in [2.45, 2.75) is 39.5 Å². The maximum absolute atomic E-state index is 13.7. The third-order valence-electron chi connectivity index (χ3n) is 4.90. The fraction of sp³-hybridized carbons (Fsp3) is 0.300. The van der Waals surface area contributed by atoms with E-state index in [9.17, 15) is 18.0 Å². The molecule has 4 aromatic rings. The number of rotatable bonds is 5. The van der Waals surface area contributed by atoms with E-state index in [4.69, 9.17) is 11.6 Å². The number of halogens is 4. The number of alkyl halides is 3. The van der Waals surface area contributed by atoms with Crippen molar-refractivity contribution in [1.82, 2.24) is 29.7 Å². The summed E-state index contributed by atoms with van der Waals surface area (Å²) in [6.07, 6.45) is -2.87. The Kier molecular flexibility index (Phi) is 5.72. The standard InChI is InChI=1S/C20H18ClF3N6OS/c1-4-29-9-12(11(3)27-29)10(2)25-19(31)14-8-18-26-13(15-5-6-17(21)32-15)7-16(20(22,23)24)30(18)28-14/h5-10H,4H2,1-3H3,(H,25,31)/t10-/m0/s1. The van der Waals surface area contributed by atoms with Gasteiger partial charge in [-0.2, -0.15) is 23.4 Å². The van der Waals surface area contributed by atoms with E-state index in [1.165, 1.54) is 6.07 Å². The lowest BCUT2D eigenvalue weighted by atomic mass is 10.1. The summed E-state index contributed by atoms with van der Waals surface area (Å²) in [4.78, 5) is 17.5. The van der Waals surface area contributed by atoms with E-state index in [0.29, 0.717) is 20.3 Å². The highest BCUT2D eigenvalue weighted by molar-refractivity contribution is 7.19. The summed E-state index contributed by atoms with van der Waals surface area (Å²) in [5.74, 6) is -0.611. The van der Waals surface area contributed by atoms with Crippen LogP contribution >= 0.6 is 22.9 Å². The molecule has 0 fully saturated rings. The first kappa shape index (κ1) is 22.3. The van der Waals surface area contributed by atoms with E-state index < -0.39 is 23.8 Å². The molecule has 4 heterocycles. The molecule has 4 aromatic heterocycles. The second kappa shape index (κ2) is 8.21. The number of carbonyl (C=O) groups excluding carboxylic acids is 1. The number of hydrogen-bond donors (Lipinski definition) is 1. The monoisotopic (exact) mass is 482 g/mol. The maximum Gasteiger partial charge on any atom is 0.433 e. The van der Waals surface area contributed by atoms with Gasteiger partial charge in [-0.05, 0) is 39.0 Å². The third kappa shape index (κ3) is 4.22. The fourth-order valence-corrected chi connectivity index (χ4v) is 4.34. The van der Waals surface area contributed by atoms with E-state index in [0.717, 1.165) is 28.7 Å². The van der Waals surface area contributed by atoms with Crippen molar-refractivity contribution < 1.29 is 18.0 Å². The first-order chi connectivity index (χ1) is 15.1.